The van der Waals surface area contributed by atoms with Crippen LogP contribution in [0.5, 0.6) is 0 Å². The lowest BCUT2D eigenvalue weighted by atomic mass is 10.3. The smallest absolute Gasteiger partial charge is 0.268 e. The van der Waals surface area contributed by atoms with E-state index in [0.717, 1.165) is 36.3 Å². The van der Waals surface area contributed by atoms with Gasteiger partial charge in [-0.05, 0) is 39.5 Å². The Labute approximate surface area is 135 Å². The summed E-state index contributed by atoms with van der Waals surface area (Å²) in [6.07, 6.45) is 1.81. The summed E-state index contributed by atoms with van der Waals surface area (Å²) in [6, 6.07) is 5.70. The van der Waals surface area contributed by atoms with Crippen LogP contribution in [0.3, 0.4) is 0 Å². The van der Waals surface area contributed by atoms with E-state index in [2.05, 4.69) is 36.4 Å². The van der Waals surface area contributed by atoms with Gasteiger partial charge in [0.1, 0.15) is 10.7 Å². The third-order valence-corrected chi connectivity index (χ3v) is 5.13. The van der Waals surface area contributed by atoms with Crippen molar-refractivity contribution in [2.24, 2.45) is 0 Å². The monoisotopic (exact) mass is 366 g/mol. The Bertz CT molecular complexity index is 622. The molecule has 3 heterocycles. The first-order valence-electron chi connectivity index (χ1n) is 6.70. The van der Waals surface area contributed by atoms with Crippen LogP contribution in [0.25, 0.3) is 0 Å². The molecule has 0 bridgehead atoms. The highest BCUT2D eigenvalue weighted by molar-refractivity contribution is 9.10. The predicted octanol–water partition coefficient (Wildman–Crippen LogP) is 2.57. The van der Waals surface area contributed by atoms with E-state index in [1.54, 1.807) is 0 Å². The molecule has 3 rings (SSSR count). The summed E-state index contributed by atoms with van der Waals surface area (Å²) in [5.41, 5.74) is 1.09. The Morgan fingerprint density at radius 2 is 2.14 bits per heavy atom. The van der Waals surface area contributed by atoms with Gasteiger partial charge in [0.25, 0.3) is 5.91 Å². The molecule has 2 N–H and O–H groups in total. The maximum Gasteiger partial charge on any atom is 0.268 e. The van der Waals surface area contributed by atoms with Crippen molar-refractivity contribution in [2.75, 3.05) is 36.4 Å². The summed E-state index contributed by atoms with van der Waals surface area (Å²) < 4.78 is 0.808. The number of amides is 1. The summed E-state index contributed by atoms with van der Waals surface area (Å²) in [6.45, 7) is 3.95. The minimum absolute atomic E-state index is 0.140. The third kappa shape index (κ3) is 3.42. The van der Waals surface area contributed by atoms with E-state index in [9.17, 15) is 4.79 Å². The molecule has 1 fully saturated rings. The number of hydrogen-bond donors (Lipinski definition) is 2. The molecule has 1 amide bonds. The Balaban J connectivity index is 1.67. The molecule has 1 aliphatic rings. The lowest BCUT2D eigenvalue weighted by Gasteiger charge is -2.29. The number of aromatic nitrogens is 1. The highest BCUT2D eigenvalue weighted by Crippen LogP contribution is 2.23. The molecule has 0 radical (unpaired) electrons. The number of nitrogens with zero attached hydrogens (tertiary/aromatic N) is 2. The van der Waals surface area contributed by atoms with Crippen molar-refractivity contribution < 1.29 is 4.79 Å². The molecule has 21 heavy (non-hydrogen) atoms. The average Bonchev–Trinajstić information content (AvgIpc) is 2.95. The second-order valence-corrected chi connectivity index (χ2v) is 6.46. The van der Waals surface area contributed by atoms with Gasteiger partial charge in [-0.15, -0.1) is 11.3 Å². The summed E-state index contributed by atoms with van der Waals surface area (Å²) in [4.78, 5) is 19.4. The van der Waals surface area contributed by atoms with Gasteiger partial charge < -0.3 is 15.5 Å². The SMILES string of the molecule is O=C(Nc1ccc(N2CCNCC2)cn1)c1sccc1Br. The predicted molar refractivity (Wildman–Crippen MR) is 89.3 cm³/mol. The number of carbonyl (C=O) groups excluding carboxylic acids is 1. The largest absolute Gasteiger partial charge is 0.368 e. The van der Waals surface area contributed by atoms with Crippen molar-refractivity contribution in [3.63, 3.8) is 0 Å². The zero-order chi connectivity index (χ0) is 14.7. The van der Waals surface area contributed by atoms with Crippen molar-refractivity contribution in [3.8, 4) is 0 Å². The van der Waals surface area contributed by atoms with E-state index in [4.69, 9.17) is 0 Å². The number of halogens is 1. The lowest BCUT2D eigenvalue weighted by Crippen LogP contribution is -2.43. The van der Waals surface area contributed by atoms with Crippen molar-refractivity contribution >= 4 is 44.7 Å². The highest BCUT2D eigenvalue weighted by Gasteiger charge is 2.13. The van der Waals surface area contributed by atoms with Crippen LogP contribution in [0.2, 0.25) is 0 Å². The first-order chi connectivity index (χ1) is 10.2. The summed E-state index contributed by atoms with van der Waals surface area (Å²) >= 11 is 4.76. The van der Waals surface area contributed by atoms with Crippen LogP contribution in [0.1, 0.15) is 9.67 Å². The van der Waals surface area contributed by atoms with Crippen molar-refractivity contribution in [2.45, 2.75) is 0 Å². The molecule has 0 aliphatic carbocycles. The van der Waals surface area contributed by atoms with E-state index in [0.29, 0.717) is 10.7 Å². The fourth-order valence-corrected chi connectivity index (χ4v) is 3.65. The Morgan fingerprint density at radius 1 is 1.33 bits per heavy atom. The van der Waals surface area contributed by atoms with Crippen LogP contribution in [-0.2, 0) is 0 Å². The maximum atomic E-state index is 12.1. The fraction of sp³-hybridized carbons (Fsp3) is 0.286. The Hall–Kier alpha value is -1.44. The van der Waals surface area contributed by atoms with E-state index < -0.39 is 0 Å². The molecule has 0 saturated carbocycles. The van der Waals surface area contributed by atoms with E-state index in [1.807, 2.05) is 29.8 Å². The van der Waals surface area contributed by atoms with Gasteiger partial charge in [0.05, 0.1) is 11.9 Å². The minimum atomic E-state index is -0.140. The van der Waals surface area contributed by atoms with Gasteiger partial charge >= 0.3 is 0 Å². The molecule has 0 atom stereocenters. The number of piperazine rings is 1. The second-order valence-electron chi connectivity index (χ2n) is 4.69. The van der Waals surface area contributed by atoms with E-state index in [1.165, 1.54) is 11.3 Å². The van der Waals surface area contributed by atoms with E-state index in [-0.39, 0.29) is 5.91 Å². The van der Waals surface area contributed by atoms with Gasteiger partial charge in [-0.25, -0.2) is 4.98 Å². The number of anilines is 2. The minimum Gasteiger partial charge on any atom is -0.368 e. The molecular weight excluding hydrogens is 352 g/mol. The molecule has 7 heteroatoms. The van der Waals surface area contributed by atoms with Gasteiger partial charge in [0.2, 0.25) is 0 Å². The van der Waals surface area contributed by atoms with Crippen LogP contribution >= 0.6 is 27.3 Å². The number of hydrogen-bond acceptors (Lipinski definition) is 5. The molecular formula is C14H15BrN4OS. The Kier molecular flexibility index (Phi) is 4.52. The summed E-state index contributed by atoms with van der Waals surface area (Å²) in [5, 5.41) is 8.01. The van der Waals surface area contributed by atoms with Crippen LogP contribution in [-0.4, -0.2) is 37.1 Å². The topological polar surface area (TPSA) is 57.3 Å². The van der Waals surface area contributed by atoms with Gasteiger partial charge in [0, 0.05) is 30.7 Å². The fourth-order valence-electron chi connectivity index (χ4n) is 2.20. The number of pyridine rings is 1. The molecule has 5 nitrogen and oxygen atoms in total. The van der Waals surface area contributed by atoms with Crippen LogP contribution in [0.4, 0.5) is 11.5 Å². The molecule has 0 aromatic carbocycles. The van der Waals surface area contributed by atoms with E-state index >= 15 is 0 Å². The average molecular weight is 367 g/mol. The van der Waals surface area contributed by atoms with Gasteiger partial charge in [-0.3, -0.25) is 4.79 Å². The molecule has 2 aromatic rings. The zero-order valence-corrected chi connectivity index (χ0v) is 13.7. The maximum absolute atomic E-state index is 12.1. The molecule has 0 unspecified atom stereocenters. The first-order valence-corrected chi connectivity index (χ1v) is 8.37. The molecule has 0 spiro atoms. The van der Waals surface area contributed by atoms with Gasteiger partial charge in [-0.2, -0.15) is 0 Å². The van der Waals surface area contributed by atoms with Gasteiger partial charge in [-0.1, -0.05) is 0 Å². The summed E-state index contributed by atoms with van der Waals surface area (Å²) in [7, 11) is 0. The Morgan fingerprint density at radius 3 is 2.76 bits per heavy atom. The number of rotatable bonds is 3. The molecule has 2 aromatic heterocycles. The highest BCUT2D eigenvalue weighted by atomic mass is 79.9. The van der Waals surface area contributed by atoms with Crippen LogP contribution in [0, 0.1) is 0 Å². The van der Waals surface area contributed by atoms with Crippen molar-refractivity contribution in [1.82, 2.24) is 10.3 Å². The lowest BCUT2D eigenvalue weighted by molar-refractivity contribution is 0.102. The second kappa shape index (κ2) is 6.55. The molecule has 1 saturated heterocycles. The standard InChI is InChI=1S/C14H15BrN4OS/c15-11-3-8-21-13(11)14(20)18-12-2-1-10(9-17-12)19-6-4-16-5-7-19/h1-3,8-9,16H,4-7H2,(H,17,18,20). The molecule has 1 aliphatic heterocycles. The third-order valence-electron chi connectivity index (χ3n) is 3.30. The quantitative estimate of drug-likeness (QED) is 0.876. The number of nitrogens with one attached hydrogen (secondary N) is 2. The summed E-state index contributed by atoms with van der Waals surface area (Å²) in [5.74, 6) is 0.429. The van der Waals surface area contributed by atoms with Crippen LogP contribution in [0.15, 0.2) is 34.2 Å². The first kappa shape index (κ1) is 14.5. The van der Waals surface area contributed by atoms with Crippen LogP contribution < -0.4 is 15.5 Å². The number of carbonyl (C=O) groups is 1. The van der Waals surface area contributed by atoms with Gasteiger partial charge in [0.15, 0.2) is 0 Å². The normalized spacial score (nSPS) is 15.0. The zero-order valence-electron chi connectivity index (χ0n) is 11.3. The van der Waals surface area contributed by atoms with Crippen molar-refractivity contribution in [3.05, 3.63) is 39.1 Å². The van der Waals surface area contributed by atoms with Crippen molar-refractivity contribution in [1.29, 1.82) is 0 Å². The number of thiophene rings is 1. The molecule has 110 valence electrons.